The maximum atomic E-state index is 6.66. The summed E-state index contributed by atoms with van der Waals surface area (Å²) in [7, 11) is 0. The van der Waals surface area contributed by atoms with Gasteiger partial charge in [-0.2, -0.15) is 0 Å². The highest BCUT2D eigenvalue weighted by atomic mass is 16.5. The Morgan fingerprint density at radius 1 is 0.830 bits per heavy atom. The Bertz CT molecular complexity index is 2100. The average molecular weight is 613 g/mol. The lowest BCUT2D eigenvalue weighted by atomic mass is 9.88. The monoisotopic (exact) mass is 612 g/mol. The number of para-hydroxylation sites is 1. The van der Waals surface area contributed by atoms with Crippen LogP contribution in [0.4, 0.5) is 11.4 Å². The summed E-state index contributed by atoms with van der Waals surface area (Å²) in [5.74, 6) is 2.06. The summed E-state index contributed by atoms with van der Waals surface area (Å²) in [6.45, 7) is 2.95. The molecule has 7 nitrogen and oxygen atoms in total. The van der Waals surface area contributed by atoms with Crippen LogP contribution in [0.25, 0.3) is 28.2 Å². The molecule has 0 fully saturated rings. The van der Waals surface area contributed by atoms with Gasteiger partial charge < -0.3 is 15.0 Å². The predicted molar refractivity (Wildman–Crippen MR) is 186 cm³/mol. The molecule has 0 saturated heterocycles. The second-order valence-corrected chi connectivity index (χ2v) is 12.4. The maximum absolute atomic E-state index is 6.66. The van der Waals surface area contributed by atoms with Crippen LogP contribution in [0.5, 0.6) is 0 Å². The Morgan fingerprint density at radius 2 is 1.62 bits per heavy atom. The number of hydrogen-bond donors (Lipinski definition) is 1. The van der Waals surface area contributed by atoms with Gasteiger partial charge in [-0.05, 0) is 71.8 Å². The largest absolute Gasteiger partial charge is 0.468 e. The summed E-state index contributed by atoms with van der Waals surface area (Å²) in [4.78, 5) is 21.2. The topological polar surface area (TPSA) is 75.5 Å². The van der Waals surface area contributed by atoms with Crippen molar-refractivity contribution in [2.75, 3.05) is 11.4 Å². The minimum absolute atomic E-state index is 0.0873. The molecule has 4 aliphatic rings. The fourth-order valence-electron chi connectivity index (χ4n) is 7.16. The summed E-state index contributed by atoms with van der Waals surface area (Å²) in [5, 5.41) is 3.60. The van der Waals surface area contributed by atoms with Gasteiger partial charge in [0.05, 0.1) is 29.0 Å². The number of nitrogens with one attached hydrogen (secondary N) is 1. The van der Waals surface area contributed by atoms with Gasteiger partial charge in [0.25, 0.3) is 0 Å². The number of fused-ring (bicyclic) bond motifs is 4. The first-order valence-corrected chi connectivity index (χ1v) is 16.1. The van der Waals surface area contributed by atoms with E-state index in [-0.39, 0.29) is 24.1 Å². The second kappa shape index (κ2) is 11.2. The number of hydrogen-bond acceptors (Lipinski definition) is 7. The minimum Gasteiger partial charge on any atom is -0.468 e. The van der Waals surface area contributed by atoms with Crippen molar-refractivity contribution in [1.82, 2.24) is 20.3 Å². The van der Waals surface area contributed by atoms with Crippen LogP contribution in [-0.2, 0) is 4.74 Å². The molecule has 3 aliphatic heterocycles. The van der Waals surface area contributed by atoms with E-state index in [1.807, 2.05) is 24.4 Å². The van der Waals surface area contributed by atoms with Crippen molar-refractivity contribution >= 4 is 23.2 Å². The van der Waals surface area contributed by atoms with E-state index in [4.69, 9.17) is 14.7 Å². The third kappa shape index (κ3) is 4.74. The SMILES string of the molecule is CC1CN=CC=C1c1cc(-c2ccncc2)nc(-c2ccc(N3c4ccccc4C4C5=C(C=CC43)NC(c3ccccc3)O5)cc2)n1. The molecule has 228 valence electrons. The zero-order valence-corrected chi connectivity index (χ0v) is 25.9. The second-order valence-electron chi connectivity index (χ2n) is 12.4. The fourth-order valence-corrected chi connectivity index (χ4v) is 7.16. The highest BCUT2D eigenvalue weighted by Crippen LogP contribution is 2.53. The van der Waals surface area contributed by atoms with E-state index >= 15 is 0 Å². The number of dihydropyridines is 1. The van der Waals surface area contributed by atoms with Crippen LogP contribution in [0, 0.1) is 5.92 Å². The van der Waals surface area contributed by atoms with Crippen molar-refractivity contribution in [3.05, 3.63) is 156 Å². The zero-order chi connectivity index (χ0) is 31.3. The van der Waals surface area contributed by atoms with E-state index in [0.29, 0.717) is 5.82 Å². The number of pyridine rings is 1. The Kier molecular flexibility index (Phi) is 6.56. The van der Waals surface area contributed by atoms with Crippen LogP contribution in [0.2, 0.25) is 0 Å². The lowest BCUT2D eigenvalue weighted by Crippen LogP contribution is -2.31. The standard InChI is InChI=1S/C40H32N6O/c1-25-24-42-22-19-30(25)34-23-33(26-17-20-41-21-18-26)43-39(44-34)27-11-13-29(14-12-27)46-35-10-6-5-9-31(35)37-36(46)16-15-32-38(37)47-40(45-32)28-7-3-2-4-8-28/h2-23,25,36-37,40,45H,24H2,1H3. The molecule has 4 atom stereocenters. The first-order chi connectivity index (χ1) is 23.2. The van der Waals surface area contributed by atoms with Gasteiger partial charge in [0.2, 0.25) is 0 Å². The van der Waals surface area contributed by atoms with Crippen molar-refractivity contribution in [3.63, 3.8) is 0 Å². The van der Waals surface area contributed by atoms with Crippen molar-refractivity contribution in [2.45, 2.75) is 25.1 Å². The molecule has 5 aromatic rings. The molecule has 3 aromatic carbocycles. The Balaban J connectivity index is 1.07. The molecule has 1 aliphatic carbocycles. The normalized spacial score (nSPS) is 22.2. The molecule has 9 rings (SSSR count). The quantitative estimate of drug-likeness (QED) is 0.217. The fraction of sp³-hybridized carbons (Fsp3) is 0.150. The van der Waals surface area contributed by atoms with E-state index in [9.17, 15) is 0 Å². The van der Waals surface area contributed by atoms with Crippen LogP contribution < -0.4 is 10.2 Å². The van der Waals surface area contributed by atoms with E-state index in [0.717, 1.165) is 51.8 Å². The van der Waals surface area contributed by atoms with Crippen molar-refractivity contribution < 1.29 is 4.74 Å². The van der Waals surface area contributed by atoms with Gasteiger partial charge in [0.1, 0.15) is 5.76 Å². The summed E-state index contributed by atoms with van der Waals surface area (Å²) in [6.07, 6.45) is 11.8. The van der Waals surface area contributed by atoms with Gasteiger partial charge in [0, 0.05) is 59.1 Å². The smallest absolute Gasteiger partial charge is 0.196 e. The number of aliphatic imine (C=N–C) groups is 1. The lowest BCUT2D eigenvalue weighted by Gasteiger charge is -2.30. The van der Waals surface area contributed by atoms with Crippen LogP contribution >= 0.6 is 0 Å². The van der Waals surface area contributed by atoms with E-state index in [1.54, 1.807) is 12.4 Å². The van der Waals surface area contributed by atoms with Gasteiger partial charge >= 0.3 is 0 Å². The van der Waals surface area contributed by atoms with Crippen LogP contribution in [0.15, 0.2) is 144 Å². The third-order valence-electron chi connectivity index (χ3n) is 9.48. The average Bonchev–Trinajstić information content (AvgIpc) is 3.72. The summed E-state index contributed by atoms with van der Waals surface area (Å²) in [6, 6.07) is 33.8. The molecular formula is C40H32N6O. The number of rotatable bonds is 5. The molecular weight excluding hydrogens is 580 g/mol. The molecule has 0 saturated carbocycles. The number of aromatic nitrogens is 3. The van der Waals surface area contributed by atoms with Crippen molar-refractivity contribution in [1.29, 1.82) is 0 Å². The Morgan fingerprint density at radius 3 is 2.45 bits per heavy atom. The van der Waals surface area contributed by atoms with E-state index in [2.05, 4.69) is 124 Å². The van der Waals surface area contributed by atoms with Crippen molar-refractivity contribution in [3.8, 4) is 22.6 Å². The number of allylic oxidation sites excluding steroid dienone is 2. The van der Waals surface area contributed by atoms with Crippen LogP contribution in [0.3, 0.4) is 0 Å². The first kappa shape index (κ1) is 27.5. The summed E-state index contributed by atoms with van der Waals surface area (Å²) >= 11 is 0. The number of anilines is 2. The molecule has 4 unspecified atom stereocenters. The Hall–Kier alpha value is -5.82. The molecule has 0 radical (unpaired) electrons. The summed E-state index contributed by atoms with van der Waals surface area (Å²) in [5.41, 5.74) is 10.7. The molecule has 0 amide bonds. The number of ether oxygens (including phenoxy) is 1. The van der Waals surface area contributed by atoms with Gasteiger partial charge in [0.15, 0.2) is 12.1 Å². The zero-order valence-electron chi connectivity index (χ0n) is 25.9. The third-order valence-corrected chi connectivity index (χ3v) is 9.48. The van der Waals surface area contributed by atoms with Gasteiger partial charge in [-0.25, -0.2) is 9.97 Å². The van der Waals surface area contributed by atoms with Gasteiger partial charge in [-0.3, -0.25) is 9.98 Å². The predicted octanol–water partition coefficient (Wildman–Crippen LogP) is 8.01. The Labute approximate surface area is 273 Å². The highest BCUT2D eigenvalue weighted by Gasteiger charge is 2.46. The molecule has 0 spiro atoms. The molecule has 2 aromatic heterocycles. The highest BCUT2D eigenvalue weighted by molar-refractivity contribution is 5.87. The lowest BCUT2D eigenvalue weighted by molar-refractivity contribution is 0.116. The maximum Gasteiger partial charge on any atom is 0.196 e. The molecule has 5 heterocycles. The van der Waals surface area contributed by atoms with Crippen LogP contribution in [0.1, 0.15) is 35.9 Å². The van der Waals surface area contributed by atoms with Gasteiger partial charge in [-0.1, -0.05) is 61.5 Å². The molecule has 47 heavy (non-hydrogen) atoms. The molecule has 1 N–H and O–H groups in total. The number of benzene rings is 3. The van der Waals surface area contributed by atoms with E-state index < -0.39 is 0 Å². The first-order valence-electron chi connectivity index (χ1n) is 16.1. The van der Waals surface area contributed by atoms with Crippen molar-refractivity contribution in [2.24, 2.45) is 10.9 Å². The van der Waals surface area contributed by atoms with Gasteiger partial charge in [-0.15, -0.1) is 0 Å². The van der Waals surface area contributed by atoms with Crippen LogP contribution in [-0.4, -0.2) is 33.8 Å². The summed E-state index contributed by atoms with van der Waals surface area (Å²) < 4.78 is 6.66. The minimum atomic E-state index is -0.197. The van der Waals surface area contributed by atoms with E-state index in [1.165, 1.54) is 16.8 Å². The number of nitrogens with zero attached hydrogens (tertiary/aromatic N) is 5. The molecule has 7 heteroatoms. The molecule has 0 bridgehead atoms.